The summed E-state index contributed by atoms with van der Waals surface area (Å²) < 4.78 is 4.80. The van der Waals surface area contributed by atoms with Crippen LogP contribution < -0.4 is 0 Å². The van der Waals surface area contributed by atoms with E-state index in [4.69, 9.17) is 16.3 Å². The second-order valence-corrected chi connectivity index (χ2v) is 3.02. The van der Waals surface area contributed by atoms with Crippen molar-refractivity contribution in [3.05, 3.63) is 28.0 Å². The van der Waals surface area contributed by atoms with Gasteiger partial charge in [0.05, 0.1) is 0 Å². The maximum Gasteiger partial charge on any atom is 0.342 e. The zero-order valence-corrected chi connectivity index (χ0v) is 7.18. The van der Waals surface area contributed by atoms with E-state index >= 15 is 0 Å². The normalized spacial score (nSPS) is 14.3. The molecule has 2 heterocycles. The predicted octanol–water partition coefficient (Wildman–Crippen LogP) is 1.71. The highest BCUT2D eigenvalue weighted by Gasteiger charge is 2.25. The van der Waals surface area contributed by atoms with Crippen LogP contribution in [0.15, 0.2) is 6.07 Å². The molecule has 0 aromatic carbocycles. The van der Waals surface area contributed by atoms with Crippen molar-refractivity contribution in [2.24, 2.45) is 0 Å². The van der Waals surface area contributed by atoms with Gasteiger partial charge in [-0.1, -0.05) is 11.6 Å². The minimum atomic E-state index is -0.373. The van der Waals surface area contributed by atoms with Gasteiger partial charge in [-0.05, 0) is 13.0 Å². The molecule has 0 bridgehead atoms. The molecule has 1 aromatic heterocycles. The average molecular weight is 184 g/mol. The Morgan fingerprint density at radius 2 is 2.42 bits per heavy atom. The van der Waals surface area contributed by atoms with Crippen molar-refractivity contribution >= 4 is 17.6 Å². The zero-order valence-electron chi connectivity index (χ0n) is 6.43. The van der Waals surface area contributed by atoms with E-state index in [1.165, 1.54) is 0 Å². The number of aryl methyl sites for hydroxylation is 1. The number of hydrogen-bond donors (Lipinski definition) is 0. The van der Waals surface area contributed by atoms with E-state index in [0.29, 0.717) is 12.2 Å². The van der Waals surface area contributed by atoms with Crippen molar-refractivity contribution in [3.63, 3.8) is 0 Å². The second-order valence-electron chi connectivity index (χ2n) is 2.66. The Hall–Kier alpha value is -1.09. The van der Waals surface area contributed by atoms with Gasteiger partial charge in [-0.3, -0.25) is 0 Å². The number of pyridine rings is 1. The quantitative estimate of drug-likeness (QED) is 0.454. The van der Waals surface area contributed by atoms with E-state index < -0.39 is 0 Å². The van der Waals surface area contributed by atoms with E-state index in [1.807, 2.05) is 13.0 Å². The molecule has 0 saturated heterocycles. The highest BCUT2D eigenvalue weighted by atomic mass is 35.5. The summed E-state index contributed by atoms with van der Waals surface area (Å²) in [7, 11) is 0. The summed E-state index contributed by atoms with van der Waals surface area (Å²) in [5.41, 5.74) is 2.05. The molecular weight excluding hydrogens is 178 g/mol. The van der Waals surface area contributed by atoms with Gasteiger partial charge in [-0.25, -0.2) is 9.78 Å². The van der Waals surface area contributed by atoms with E-state index in [1.54, 1.807) is 0 Å². The number of aromatic nitrogens is 1. The van der Waals surface area contributed by atoms with Crippen molar-refractivity contribution < 1.29 is 9.53 Å². The van der Waals surface area contributed by atoms with Crippen LogP contribution >= 0.6 is 11.6 Å². The van der Waals surface area contributed by atoms with Gasteiger partial charge in [0.15, 0.2) is 0 Å². The molecule has 1 aliphatic heterocycles. The van der Waals surface area contributed by atoms with Gasteiger partial charge in [0.2, 0.25) is 0 Å². The van der Waals surface area contributed by atoms with Crippen LogP contribution in [0.1, 0.15) is 21.6 Å². The summed E-state index contributed by atoms with van der Waals surface area (Å²) in [6.07, 6.45) is 0. The Morgan fingerprint density at radius 3 is 3.17 bits per heavy atom. The van der Waals surface area contributed by atoms with Crippen LogP contribution in [0.3, 0.4) is 0 Å². The highest BCUT2D eigenvalue weighted by molar-refractivity contribution is 6.32. The number of cyclic esters (lactones) is 1. The predicted molar refractivity (Wildman–Crippen MR) is 43.1 cm³/mol. The summed E-state index contributed by atoms with van der Waals surface area (Å²) in [5.74, 6) is -0.373. The summed E-state index contributed by atoms with van der Waals surface area (Å²) in [6, 6.07) is 1.81. The lowest BCUT2D eigenvalue weighted by atomic mass is 10.1. The molecule has 0 spiro atoms. The Labute approximate surface area is 74.3 Å². The first-order chi connectivity index (χ1) is 5.68. The Bertz CT molecular complexity index is 362. The molecule has 0 aliphatic carbocycles. The molecule has 0 amide bonds. The Balaban J connectivity index is 2.68. The van der Waals surface area contributed by atoms with Crippen LogP contribution in [-0.2, 0) is 11.3 Å². The number of hydrogen-bond acceptors (Lipinski definition) is 3. The average Bonchev–Trinajstić information content (AvgIpc) is 2.31. The number of halogens is 1. The number of nitrogens with zero attached hydrogens (tertiary/aromatic N) is 1. The molecule has 3 nitrogen and oxygen atoms in total. The maximum atomic E-state index is 11.1. The molecule has 62 valence electrons. The number of rotatable bonds is 0. The lowest BCUT2D eigenvalue weighted by Gasteiger charge is -1.97. The highest BCUT2D eigenvalue weighted by Crippen LogP contribution is 2.25. The van der Waals surface area contributed by atoms with E-state index in [-0.39, 0.29) is 11.1 Å². The second kappa shape index (κ2) is 2.45. The number of fused-ring (bicyclic) bond motifs is 1. The van der Waals surface area contributed by atoms with Crippen molar-refractivity contribution in [2.75, 3.05) is 0 Å². The standard InChI is InChI=1S/C8H6ClNO2/c1-4-2-5-3-12-8(11)6(5)7(9)10-4/h2H,3H2,1H3. The van der Waals surface area contributed by atoms with Gasteiger partial charge in [-0.2, -0.15) is 0 Å². The number of ether oxygens (including phenoxy) is 1. The van der Waals surface area contributed by atoms with E-state index in [0.717, 1.165) is 11.3 Å². The zero-order chi connectivity index (χ0) is 8.72. The third-order valence-electron chi connectivity index (χ3n) is 1.75. The summed E-state index contributed by atoms with van der Waals surface area (Å²) >= 11 is 5.76. The largest absolute Gasteiger partial charge is 0.457 e. The third kappa shape index (κ3) is 0.975. The van der Waals surface area contributed by atoms with Crippen LogP contribution in [0, 0.1) is 6.92 Å². The molecule has 0 unspecified atom stereocenters. The maximum absolute atomic E-state index is 11.1. The van der Waals surface area contributed by atoms with Crippen molar-refractivity contribution in [1.82, 2.24) is 4.98 Å². The number of esters is 1. The van der Waals surface area contributed by atoms with Crippen LogP contribution in [0.5, 0.6) is 0 Å². The van der Waals surface area contributed by atoms with Crippen LogP contribution in [0.25, 0.3) is 0 Å². The van der Waals surface area contributed by atoms with Crippen LogP contribution in [-0.4, -0.2) is 11.0 Å². The summed E-state index contributed by atoms with van der Waals surface area (Å²) in [5, 5.41) is 0.243. The lowest BCUT2D eigenvalue weighted by Crippen LogP contribution is -1.97. The fourth-order valence-corrected chi connectivity index (χ4v) is 1.58. The molecule has 1 aromatic rings. The first kappa shape index (κ1) is 7.55. The van der Waals surface area contributed by atoms with E-state index in [2.05, 4.69) is 4.98 Å². The molecule has 4 heteroatoms. The summed E-state index contributed by atoms with van der Waals surface area (Å²) in [4.78, 5) is 15.0. The first-order valence-electron chi connectivity index (χ1n) is 3.51. The smallest absolute Gasteiger partial charge is 0.342 e. The molecule has 1 aliphatic rings. The number of carbonyl (C=O) groups is 1. The first-order valence-corrected chi connectivity index (χ1v) is 3.89. The molecular formula is C8H6ClNO2. The van der Waals surface area contributed by atoms with Crippen molar-refractivity contribution in [1.29, 1.82) is 0 Å². The molecule has 2 rings (SSSR count). The Morgan fingerprint density at radius 1 is 1.67 bits per heavy atom. The van der Waals surface area contributed by atoms with Gasteiger partial charge in [0.25, 0.3) is 0 Å². The van der Waals surface area contributed by atoms with E-state index in [9.17, 15) is 4.79 Å². The molecule has 0 saturated carbocycles. The Kier molecular flexibility index (Phi) is 1.54. The SMILES string of the molecule is Cc1cc2c(c(Cl)n1)C(=O)OC2. The fraction of sp³-hybridized carbons (Fsp3) is 0.250. The molecule has 0 atom stereocenters. The van der Waals surface area contributed by atoms with Crippen molar-refractivity contribution in [2.45, 2.75) is 13.5 Å². The third-order valence-corrected chi connectivity index (χ3v) is 2.02. The van der Waals surface area contributed by atoms with Crippen LogP contribution in [0.2, 0.25) is 5.15 Å². The lowest BCUT2D eigenvalue weighted by molar-refractivity contribution is 0.0535. The topological polar surface area (TPSA) is 39.2 Å². The minimum Gasteiger partial charge on any atom is -0.457 e. The van der Waals surface area contributed by atoms with Crippen molar-refractivity contribution in [3.8, 4) is 0 Å². The molecule has 12 heavy (non-hydrogen) atoms. The molecule has 0 N–H and O–H groups in total. The van der Waals surface area contributed by atoms with Gasteiger partial charge < -0.3 is 4.74 Å². The molecule has 0 radical (unpaired) electrons. The minimum absolute atomic E-state index is 0.243. The molecule has 0 fully saturated rings. The van der Waals surface area contributed by atoms with Gasteiger partial charge in [0, 0.05) is 11.3 Å². The number of carbonyl (C=O) groups excluding carboxylic acids is 1. The van der Waals surface area contributed by atoms with Crippen LogP contribution in [0.4, 0.5) is 0 Å². The van der Waals surface area contributed by atoms with Gasteiger partial charge in [-0.15, -0.1) is 0 Å². The van der Waals surface area contributed by atoms with Gasteiger partial charge in [0.1, 0.15) is 17.3 Å². The fourth-order valence-electron chi connectivity index (χ4n) is 1.24. The van der Waals surface area contributed by atoms with Gasteiger partial charge >= 0.3 is 5.97 Å². The monoisotopic (exact) mass is 183 g/mol. The summed E-state index contributed by atoms with van der Waals surface area (Å²) in [6.45, 7) is 2.15.